The Morgan fingerprint density at radius 1 is 1.44 bits per heavy atom. The van der Waals surface area contributed by atoms with Crippen molar-refractivity contribution in [2.24, 2.45) is 4.40 Å². The fourth-order valence-electron chi connectivity index (χ4n) is 1.28. The van der Waals surface area contributed by atoms with Crippen molar-refractivity contribution in [3.63, 3.8) is 0 Å². The summed E-state index contributed by atoms with van der Waals surface area (Å²) in [5.74, 6) is 0. The maximum absolute atomic E-state index is 11.8. The molecule has 1 aromatic carbocycles. The van der Waals surface area contributed by atoms with Crippen molar-refractivity contribution in [2.75, 3.05) is 0 Å². The van der Waals surface area contributed by atoms with Gasteiger partial charge in [-0.1, -0.05) is 21.1 Å². The van der Waals surface area contributed by atoms with Crippen molar-refractivity contribution in [1.82, 2.24) is 5.16 Å². The summed E-state index contributed by atoms with van der Waals surface area (Å²) in [6.07, 6.45) is 1.50. The summed E-state index contributed by atoms with van der Waals surface area (Å²) in [5, 5.41) is 4.77. The lowest BCUT2D eigenvalue weighted by Crippen LogP contribution is -2.19. The molecular formula is C12H13BrN2O2S. The normalized spacial score (nSPS) is 14.4. The van der Waals surface area contributed by atoms with Crippen LogP contribution in [0, 0.1) is 0 Å². The van der Waals surface area contributed by atoms with Gasteiger partial charge in [-0.15, -0.1) is 0 Å². The molecule has 0 N–H and O–H groups in total. The molecule has 1 atom stereocenters. The number of nitrogens with zero attached hydrogens (tertiary/aromatic N) is 2. The molecule has 4 nitrogen and oxygen atoms in total. The summed E-state index contributed by atoms with van der Waals surface area (Å²) in [5.41, 5.74) is 1.27. The third kappa shape index (κ3) is 2.87. The predicted molar refractivity (Wildman–Crippen MR) is 77.2 cm³/mol. The maximum Gasteiger partial charge on any atom is 0.168 e. The number of aromatic nitrogens is 1. The molecule has 0 bridgehead atoms. The van der Waals surface area contributed by atoms with Gasteiger partial charge in [-0.05, 0) is 39.0 Å². The quantitative estimate of drug-likeness (QED) is 0.793. The zero-order chi connectivity index (χ0) is 13.3. The van der Waals surface area contributed by atoms with Crippen molar-refractivity contribution in [2.45, 2.75) is 25.5 Å². The number of hydrogen-bond donors (Lipinski definition) is 0. The average Bonchev–Trinajstić information content (AvgIpc) is 2.66. The molecule has 1 aromatic heterocycles. The Kier molecular flexibility index (Phi) is 3.68. The lowest BCUT2D eigenvalue weighted by atomic mass is 10.2. The first-order valence-corrected chi connectivity index (χ1v) is 7.29. The Labute approximate surface area is 116 Å². The summed E-state index contributed by atoms with van der Waals surface area (Å²) >= 11 is 3.36. The van der Waals surface area contributed by atoms with E-state index in [0.29, 0.717) is 11.3 Å². The third-order valence-corrected chi connectivity index (χ3v) is 4.09. The molecule has 0 radical (unpaired) electrons. The molecule has 0 saturated heterocycles. The molecule has 0 aliphatic heterocycles. The minimum atomic E-state index is -1.29. The summed E-state index contributed by atoms with van der Waals surface area (Å²) in [6.45, 7) is 5.62. The van der Waals surface area contributed by atoms with E-state index < -0.39 is 11.0 Å². The van der Waals surface area contributed by atoms with Gasteiger partial charge >= 0.3 is 0 Å². The number of rotatable bonds is 2. The van der Waals surface area contributed by atoms with Crippen LogP contribution in [0.25, 0.3) is 11.0 Å². The fraction of sp³-hybridized carbons (Fsp3) is 0.333. The van der Waals surface area contributed by atoms with E-state index in [4.69, 9.17) is 4.52 Å². The predicted octanol–water partition coefficient (Wildman–Crippen LogP) is 3.47. The second-order valence-electron chi connectivity index (χ2n) is 4.80. The van der Waals surface area contributed by atoms with E-state index in [-0.39, 0.29) is 4.75 Å². The topological polar surface area (TPSA) is 55.5 Å². The first-order valence-electron chi connectivity index (χ1n) is 5.39. The Morgan fingerprint density at radius 3 is 2.83 bits per heavy atom. The molecule has 18 heavy (non-hydrogen) atoms. The number of hydrogen-bond acceptors (Lipinski definition) is 3. The molecule has 0 spiro atoms. The van der Waals surface area contributed by atoms with Gasteiger partial charge in [0.15, 0.2) is 5.58 Å². The second-order valence-corrected chi connectivity index (χ2v) is 7.65. The van der Waals surface area contributed by atoms with E-state index in [1.54, 1.807) is 0 Å². The van der Waals surface area contributed by atoms with Crippen LogP contribution in [0.15, 0.2) is 31.6 Å². The van der Waals surface area contributed by atoms with Crippen molar-refractivity contribution >= 4 is 44.1 Å². The maximum atomic E-state index is 11.8. The van der Waals surface area contributed by atoms with E-state index in [2.05, 4.69) is 25.5 Å². The highest BCUT2D eigenvalue weighted by molar-refractivity contribution is 9.10. The summed E-state index contributed by atoms with van der Waals surface area (Å²) in [7, 11) is -1.29. The summed E-state index contributed by atoms with van der Waals surface area (Å²) < 4.78 is 21.5. The number of fused-ring (bicyclic) bond motifs is 1. The molecule has 2 rings (SSSR count). The van der Waals surface area contributed by atoms with Crippen LogP contribution < -0.4 is 0 Å². The van der Waals surface area contributed by atoms with E-state index in [9.17, 15) is 4.21 Å². The van der Waals surface area contributed by atoms with E-state index in [1.807, 2.05) is 39.0 Å². The van der Waals surface area contributed by atoms with Gasteiger partial charge in [0, 0.05) is 4.47 Å². The van der Waals surface area contributed by atoms with Crippen molar-refractivity contribution in [3.05, 3.63) is 28.4 Å². The lowest BCUT2D eigenvalue weighted by molar-refractivity contribution is 0.455. The molecule has 0 saturated carbocycles. The monoisotopic (exact) mass is 328 g/mol. The van der Waals surface area contributed by atoms with Gasteiger partial charge in [0.05, 0.1) is 16.3 Å². The fourth-order valence-corrected chi connectivity index (χ4v) is 2.13. The molecule has 2 aromatic rings. The highest BCUT2D eigenvalue weighted by Crippen LogP contribution is 2.22. The van der Waals surface area contributed by atoms with Crippen LogP contribution in [-0.2, 0) is 11.0 Å². The molecule has 1 unspecified atom stereocenters. The van der Waals surface area contributed by atoms with Gasteiger partial charge in [0.2, 0.25) is 0 Å². The van der Waals surface area contributed by atoms with Gasteiger partial charge in [-0.3, -0.25) is 0 Å². The molecule has 6 heteroatoms. The summed E-state index contributed by atoms with van der Waals surface area (Å²) in [6, 6.07) is 5.62. The largest absolute Gasteiger partial charge is 0.356 e. The van der Waals surface area contributed by atoms with Gasteiger partial charge in [0.25, 0.3) is 0 Å². The van der Waals surface area contributed by atoms with E-state index in [1.165, 1.54) is 6.21 Å². The van der Waals surface area contributed by atoms with Crippen LogP contribution in [0.1, 0.15) is 26.5 Å². The first kappa shape index (κ1) is 13.4. The van der Waals surface area contributed by atoms with Gasteiger partial charge < -0.3 is 4.52 Å². The Morgan fingerprint density at radius 2 is 2.17 bits per heavy atom. The minimum absolute atomic E-state index is 0.376. The zero-order valence-corrected chi connectivity index (χ0v) is 12.7. The molecule has 0 aliphatic rings. The third-order valence-electron chi connectivity index (χ3n) is 2.26. The van der Waals surface area contributed by atoms with Crippen molar-refractivity contribution < 1.29 is 8.73 Å². The number of benzene rings is 1. The molecule has 0 fully saturated rings. The van der Waals surface area contributed by atoms with E-state index >= 15 is 0 Å². The van der Waals surface area contributed by atoms with E-state index in [0.717, 1.165) is 9.86 Å². The Balaban J connectivity index is 2.33. The van der Waals surface area contributed by atoms with Crippen LogP contribution in [0.4, 0.5) is 0 Å². The van der Waals surface area contributed by atoms with Gasteiger partial charge in [-0.2, -0.15) is 4.40 Å². The molecule has 96 valence electrons. The molecular weight excluding hydrogens is 316 g/mol. The Hall–Kier alpha value is -1.01. The molecule has 1 heterocycles. The first-order chi connectivity index (χ1) is 8.38. The van der Waals surface area contributed by atoms with Crippen LogP contribution in [-0.4, -0.2) is 20.3 Å². The summed E-state index contributed by atoms with van der Waals surface area (Å²) in [4.78, 5) is 0. The van der Waals surface area contributed by atoms with Crippen LogP contribution >= 0.6 is 15.9 Å². The van der Waals surface area contributed by atoms with Crippen molar-refractivity contribution in [1.29, 1.82) is 0 Å². The van der Waals surface area contributed by atoms with Gasteiger partial charge in [0.1, 0.15) is 16.7 Å². The number of halogens is 1. The van der Waals surface area contributed by atoms with Crippen LogP contribution in [0.2, 0.25) is 0 Å². The van der Waals surface area contributed by atoms with Crippen molar-refractivity contribution in [3.8, 4) is 0 Å². The highest BCUT2D eigenvalue weighted by Gasteiger charge is 2.18. The van der Waals surface area contributed by atoms with Gasteiger partial charge in [-0.25, -0.2) is 4.21 Å². The standard InChI is InChI=1S/C12H13BrN2O2S/c1-12(2,3)18(16)14-7-10-9-5-4-8(13)6-11(9)17-15-10/h4-7H,1-3H3/b14-7+. The zero-order valence-electron chi connectivity index (χ0n) is 10.3. The average molecular weight is 329 g/mol. The molecule has 0 amide bonds. The Bertz CT molecular complexity index is 629. The highest BCUT2D eigenvalue weighted by atomic mass is 79.9. The smallest absolute Gasteiger partial charge is 0.168 e. The minimum Gasteiger partial charge on any atom is -0.356 e. The SMILES string of the molecule is CC(C)(C)S(=O)/N=C/c1noc2cc(Br)ccc12. The second kappa shape index (κ2) is 4.93. The van der Waals surface area contributed by atoms with Crippen LogP contribution in [0.3, 0.4) is 0 Å². The molecule has 0 aliphatic carbocycles. The van der Waals surface area contributed by atoms with Crippen LogP contribution in [0.5, 0.6) is 0 Å². The lowest BCUT2D eigenvalue weighted by Gasteiger charge is -2.12.